The molecule has 0 spiro atoms. The number of hydrogen-bond acceptors (Lipinski definition) is 2. The lowest BCUT2D eigenvalue weighted by atomic mass is 10.2. The molecule has 0 unspecified atom stereocenters. The molecule has 0 aliphatic carbocycles. The molecule has 0 radical (unpaired) electrons. The van der Waals surface area contributed by atoms with E-state index in [4.69, 9.17) is 11.6 Å². The fourth-order valence-corrected chi connectivity index (χ4v) is 3.52. The summed E-state index contributed by atoms with van der Waals surface area (Å²) in [5, 5.41) is 3.50. The van der Waals surface area contributed by atoms with E-state index < -0.39 is 0 Å². The summed E-state index contributed by atoms with van der Waals surface area (Å²) in [5.41, 5.74) is 0.595. The predicted molar refractivity (Wildman–Crippen MR) is 92.2 cm³/mol. The van der Waals surface area contributed by atoms with Crippen LogP contribution in [0.1, 0.15) is 15.2 Å². The first-order valence-electron chi connectivity index (χ1n) is 5.54. The number of halogens is 3. The van der Waals surface area contributed by atoms with Gasteiger partial charge in [0, 0.05) is 20.6 Å². The minimum atomic E-state index is -0.0890. The summed E-state index contributed by atoms with van der Waals surface area (Å²) >= 11 is 13.2. The SMILES string of the molecule is O=C(NCCc1ccc(Br)s1)c1ccc(I)c(Cl)c1. The van der Waals surface area contributed by atoms with E-state index in [1.165, 1.54) is 4.88 Å². The summed E-state index contributed by atoms with van der Waals surface area (Å²) in [6.45, 7) is 0.620. The molecule has 1 amide bonds. The Kier molecular flexibility index (Phi) is 5.68. The van der Waals surface area contributed by atoms with Crippen molar-refractivity contribution < 1.29 is 4.79 Å². The van der Waals surface area contributed by atoms with Gasteiger partial charge in [0.2, 0.25) is 0 Å². The van der Waals surface area contributed by atoms with Crippen molar-refractivity contribution in [3.8, 4) is 0 Å². The Labute approximate surface area is 142 Å². The number of carbonyl (C=O) groups excluding carboxylic acids is 1. The maximum absolute atomic E-state index is 11.9. The first-order valence-corrected chi connectivity index (χ1v) is 8.60. The number of amides is 1. The predicted octanol–water partition coefficient (Wildman–Crippen LogP) is 4.74. The molecule has 1 aromatic heterocycles. The molecular weight excluding hydrogens is 460 g/mol. The molecule has 1 N–H and O–H groups in total. The molecule has 0 fully saturated rings. The second-order valence-corrected chi connectivity index (χ2v) is 7.96. The molecule has 0 aliphatic heterocycles. The zero-order chi connectivity index (χ0) is 13.8. The van der Waals surface area contributed by atoms with Crippen LogP contribution >= 0.6 is 61.5 Å². The van der Waals surface area contributed by atoms with Gasteiger partial charge in [0.15, 0.2) is 0 Å². The van der Waals surface area contributed by atoms with Gasteiger partial charge in [-0.05, 0) is 75.3 Å². The Morgan fingerprint density at radius 1 is 1.37 bits per heavy atom. The van der Waals surface area contributed by atoms with Crippen LogP contribution in [0.3, 0.4) is 0 Å². The average Bonchev–Trinajstić information content (AvgIpc) is 2.78. The van der Waals surface area contributed by atoms with Gasteiger partial charge < -0.3 is 5.32 Å². The van der Waals surface area contributed by atoms with Crippen LogP contribution in [0.5, 0.6) is 0 Å². The molecule has 0 saturated heterocycles. The molecule has 100 valence electrons. The van der Waals surface area contributed by atoms with Crippen molar-refractivity contribution in [3.05, 3.63) is 53.2 Å². The quantitative estimate of drug-likeness (QED) is 0.643. The molecule has 2 rings (SSSR count). The molecule has 1 aromatic carbocycles. The molecule has 19 heavy (non-hydrogen) atoms. The molecule has 0 aliphatic rings. The Morgan fingerprint density at radius 3 is 2.79 bits per heavy atom. The third-order valence-electron chi connectivity index (χ3n) is 2.47. The number of nitrogens with one attached hydrogen (secondary N) is 1. The number of benzene rings is 1. The second-order valence-electron chi connectivity index (χ2n) is 3.84. The summed E-state index contributed by atoms with van der Waals surface area (Å²) in [6, 6.07) is 9.39. The zero-order valence-electron chi connectivity index (χ0n) is 9.75. The molecule has 0 atom stereocenters. The maximum Gasteiger partial charge on any atom is 0.251 e. The van der Waals surface area contributed by atoms with Crippen molar-refractivity contribution in [2.24, 2.45) is 0 Å². The van der Waals surface area contributed by atoms with Crippen LogP contribution in [0, 0.1) is 3.57 Å². The minimum Gasteiger partial charge on any atom is -0.352 e. The third kappa shape index (κ3) is 4.44. The summed E-state index contributed by atoms with van der Waals surface area (Å²) in [7, 11) is 0. The van der Waals surface area contributed by atoms with Crippen molar-refractivity contribution in [1.29, 1.82) is 0 Å². The van der Waals surface area contributed by atoms with Crippen molar-refractivity contribution in [2.75, 3.05) is 6.54 Å². The molecule has 1 heterocycles. The highest BCUT2D eigenvalue weighted by Gasteiger charge is 2.07. The number of hydrogen-bond donors (Lipinski definition) is 1. The first kappa shape index (κ1) is 15.3. The van der Waals surface area contributed by atoms with E-state index in [0.29, 0.717) is 17.1 Å². The van der Waals surface area contributed by atoms with Crippen LogP contribution in [0.25, 0.3) is 0 Å². The number of thiophene rings is 1. The van der Waals surface area contributed by atoms with E-state index in [-0.39, 0.29) is 5.91 Å². The Bertz CT molecular complexity index is 602. The summed E-state index contributed by atoms with van der Waals surface area (Å²) in [6.07, 6.45) is 0.833. The number of carbonyl (C=O) groups is 1. The topological polar surface area (TPSA) is 29.1 Å². The monoisotopic (exact) mass is 469 g/mol. The van der Waals surface area contributed by atoms with E-state index in [0.717, 1.165) is 13.8 Å². The molecule has 6 heteroatoms. The smallest absolute Gasteiger partial charge is 0.251 e. The van der Waals surface area contributed by atoms with Gasteiger partial charge in [-0.2, -0.15) is 0 Å². The lowest BCUT2D eigenvalue weighted by Crippen LogP contribution is -2.25. The Hall–Kier alpha value is -0.110. The van der Waals surface area contributed by atoms with Crippen molar-refractivity contribution in [2.45, 2.75) is 6.42 Å². The van der Waals surface area contributed by atoms with Crippen LogP contribution in [-0.4, -0.2) is 12.5 Å². The van der Waals surface area contributed by atoms with Gasteiger partial charge in [-0.15, -0.1) is 11.3 Å². The van der Waals surface area contributed by atoms with Crippen LogP contribution in [0.15, 0.2) is 34.1 Å². The average molecular weight is 471 g/mol. The third-order valence-corrected chi connectivity index (χ3v) is 5.72. The van der Waals surface area contributed by atoms with Gasteiger partial charge in [0.25, 0.3) is 5.91 Å². The van der Waals surface area contributed by atoms with Crippen LogP contribution < -0.4 is 5.32 Å². The van der Waals surface area contributed by atoms with Gasteiger partial charge in [-0.25, -0.2) is 0 Å². The molecule has 2 aromatic rings. The fourth-order valence-electron chi connectivity index (χ4n) is 1.52. The molecule has 2 nitrogen and oxygen atoms in total. The fraction of sp³-hybridized carbons (Fsp3) is 0.154. The standard InChI is InChI=1S/C13H10BrClINOS/c14-12-4-2-9(19-12)5-6-17-13(18)8-1-3-11(16)10(15)7-8/h1-4,7H,5-6H2,(H,17,18). The van der Waals surface area contributed by atoms with Crippen LogP contribution in [-0.2, 0) is 6.42 Å². The summed E-state index contributed by atoms with van der Waals surface area (Å²) in [4.78, 5) is 13.2. The normalized spacial score (nSPS) is 10.5. The highest BCUT2D eigenvalue weighted by molar-refractivity contribution is 14.1. The molecular formula is C13H10BrClINOS. The highest BCUT2D eigenvalue weighted by atomic mass is 127. The van der Waals surface area contributed by atoms with Crippen LogP contribution in [0.2, 0.25) is 5.02 Å². The number of rotatable bonds is 4. The van der Waals surface area contributed by atoms with Crippen molar-refractivity contribution >= 4 is 67.4 Å². The first-order chi connectivity index (χ1) is 9.06. The largest absolute Gasteiger partial charge is 0.352 e. The summed E-state index contributed by atoms with van der Waals surface area (Å²) < 4.78 is 2.05. The van der Waals surface area contributed by atoms with Gasteiger partial charge in [0.05, 0.1) is 8.81 Å². The van der Waals surface area contributed by atoms with E-state index in [1.54, 1.807) is 23.5 Å². The van der Waals surface area contributed by atoms with E-state index in [1.807, 2.05) is 12.1 Å². The molecule has 0 bridgehead atoms. The van der Waals surface area contributed by atoms with Gasteiger partial charge in [-0.1, -0.05) is 11.6 Å². The van der Waals surface area contributed by atoms with Crippen molar-refractivity contribution in [3.63, 3.8) is 0 Å². The van der Waals surface area contributed by atoms with Gasteiger partial charge >= 0.3 is 0 Å². The van der Waals surface area contributed by atoms with Gasteiger partial charge in [0.1, 0.15) is 0 Å². The van der Waals surface area contributed by atoms with E-state index in [2.05, 4.69) is 49.9 Å². The zero-order valence-corrected chi connectivity index (χ0v) is 15.1. The van der Waals surface area contributed by atoms with E-state index >= 15 is 0 Å². The molecule has 0 saturated carbocycles. The highest BCUT2D eigenvalue weighted by Crippen LogP contribution is 2.22. The second kappa shape index (κ2) is 7.06. The van der Waals surface area contributed by atoms with E-state index in [9.17, 15) is 4.79 Å². The lowest BCUT2D eigenvalue weighted by Gasteiger charge is -2.05. The Morgan fingerprint density at radius 2 is 2.16 bits per heavy atom. The lowest BCUT2D eigenvalue weighted by molar-refractivity contribution is 0.0954. The van der Waals surface area contributed by atoms with Crippen molar-refractivity contribution in [1.82, 2.24) is 5.32 Å². The van der Waals surface area contributed by atoms with Gasteiger partial charge in [-0.3, -0.25) is 4.79 Å². The van der Waals surface area contributed by atoms with Crippen LogP contribution in [0.4, 0.5) is 0 Å². The Balaban J connectivity index is 1.89. The summed E-state index contributed by atoms with van der Waals surface area (Å²) in [5.74, 6) is -0.0890. The minimum absolute atomic E-state index is 0.0890. The maximum atomic E-state index is 11.9.